The molecule has 0 bridgehead atoms. The maximum absolute atomic E-state index is 13.6. The Kier molecular flexibility index (Phi) is 6.28. The van der Waals surface area contributed by atoms with Crippen LogP contribution in [0.3, 0.4) is 0 Å². The number of ether oxygens (including phenoxy) is 1. The Balaban J connectivity index is 1.74. The summed E-state index contributed by atoms with van der Waals surface area (Å²) in [5.41, 5.74) is 2.05. The predicted octanol–water partition coefficient (Wildman–Crippen LogP) is 3.14. The minimum Gasteiger partial charge on any atom is -0.496 e. The molecule has 7 heteroatoms. The molecular formula is C25H28FN3O3. The number of likely N-dealkylation sites (N-methyl/N-ethyl adjacent to an activating group) is 1. The number of carbonyl (C=O) groups excluding carboxylic acids is 2. The van der Waals surface area contributed by atoms with E-state index in [2.05, 4.69) is 11.9 Å². The number of imide groups is 1. The topological polar surface area (TPSA) is 53.1 Å². The largest absolute Gasteiger partial charge is 0.496 e. The van der Waals surface area contributed by atoms with Crippen LogP contribution in [-0.4, -0.2) is 66.9 Å². The van der Waals surface area contributed by atoms with Crippen LogP contribution in [0.4, 0.5) is 4.39 Å². The first-order valence-corrected chi connectivity index (χ1v) is 10.8. The number of hydrogen-bond acceptors (Lipinski definition) is 5. The van der Waals surface area contributed by atoms with Crippen molar-refractivity contribution in [2.24, 2.45) is 0 Å². The highest BCUT2D eigenvalue weighted by Crippen LogP contribution is 2.37. The van der Waals surface area contributed by atoms with Crippen molar-refractivity contribution in [2.45, 2.75) is 25.4 Å². The van der Waals surface area contributed by atoms with Crippen molar-refractivity contribution in [3.05, 3.63) is 71.2 Å². The van der Waals surface area contributed by atoms with Crippen LogP contribution in [0.2, 0.25) is 0 Å². The second kappa shape index (κ2) is 9.12. The standard InChI is InChI=1S/C25H28FN3O3/c1-27-14-12-19(13-15-27)28(2)23-22(20-6-4-5-7-21(20)32-3)24(30)29(25(23)31)16-17-8-10-18(26)11-9-17/h4-11,19H,12-16H2,1-3H3. The van der Waals surface area contributed by atoms with Gasteiger partial charge in [-0.25, -0.2) is 4.39 Å². The zero-order valence-electron chi connectivity index (χ0n) is 18.7. The number of halogens is 1. The van der Waals surface area contributed by atoms with Gasteiger partial charge >= 0.3 is 0 Å². The van der Waals surface area contributed by atoms with Crippen LogP contribution < -0.4 is 4.74 Å². The number of nitrogens with zero attached hydrogens (tertiary/aromatic N) is 3. The molecular weight excluding hydrogens is 409 g/mol. The molecule has 1 saturated heterocycles. The Hall–Kier alpha value is -3.19. The highest BCUT2D eigenvalue weighted by molar-refractivity contribution is 6.35. The summed E-state index contributed by atoms with van der Waals surface area (Å²) in [6, 6.07) is 13.3. The number of amides is 2. The monoisotopic (exact) mass is 437 g/mol. The van der Waals surface area contributed by atoms with Gasteiger partial charge in [0.05, 0.1) is 19.2 Å². The molecule has 0 aliphatic carbocycles. The van der Waals surface area contributed by atoms with Crippen molar-refractivity contribution >= 4 is 17.4 Å². The fraction of sp³-hybridized carbons (Fsp3) is 0.360. The molecule has 0 aromatic heterocycles. The van der Waals surface area contributed by atoms with E-state index in [-0.39, 0.29) is 30.2 Å². The number of likely N-dealkylation sites (tertiary alicyclic amines) is 1. The molecule has 2 aromatic carbocycles. The van der Waals surface area contributed by atoms with E-state index < -0.39 is 0 Å². The summed E-state index contributed by atoms with van der Waals surface area (Å²) in [5.74, 6) is -0.509. The fourth-order valence-corrected chi connectivity index (χ4v) is 4.47. The third-order valence-corrected chi connectivity index (χ3v) is 6.36. The van der Waals surface area contributed by atoms with E-state index >= 15 is 0 Å². The van der Waals surface area contributed by atoms with Crippen LogP contribution in [0.5, 0.6) is 5.75 Å². The van der Waals surface area contributed by atoms with Crippen LogP contribution in [0.25, 0.3) is 5.57 Å². The first kappa shape index (κ1) is 22.0. The molecule has 168 valence electrons. The van der Waals surface area contributed by atoms with Crippen molar-refractivity contribution in [1.82, 2.24) is 14.7 Å². The van der Waals surface area contributed by atoms with Gasteiger partial charge in [0, 0.05) is 18.7 Å². The number of benzene rings is 2. The molecule has 0 N–H and O–H groups in total. The molecule has 2 aromatic rings. The lowest BCUT2D eigenvalue weighted by molar-refractivity contribution is -0.138. The Morgan fingerprint density at radius 3 is 2.34 bits per heavy atom. The third-order valence-electron chi connectivity index (χ3n) is 6.36. The minimum atomic E-state index is -0.362. The SMILES string of the molecule is COc1ccccc1C1=C(N(C)C2CCN(C)CC2)C(=O)N(Cc2ccc(F)cc2)C1=O. The lowest BCUT2D eigenvalue weighted by Gasteiger charge is -2.36. The Morgan fingerprint density at radius 2 is 1.69 bits per heavy atom. The summed E-state index contributed by atoms with van der Waals surface area (Å²) in [6.07, 6.45) is 1.82. The molecule has 6 nitrogen and oxygen atoms in total. The van der Waals surface area contributed by atoms with Crippen molar-refractivity contribution < 1.29 is 18.7 Å². The molecule has 2 aliphatic rings. The molecule has 4 rings (SSSR count). The molecule has 2 amide bonds. The van der Waals surface area contributed by atoms with Crippen LogP contribution in [0, 0.1) is 5.82 Å². The zero-order chi connectivity index (χ0) is 22.8. The molecule has 0 unspecified atom stereocenters. The van der Waals surface area contributed by atoms with Crippen molar-refractivity contribution in [3.8, 4) is 5.75 Å². The smallest absolute Gasteiger partial charge is 0.278 e. The molecule has 2 aliphatic heterocycles. The third kappa shape index (κ3) is 4.12. The van der Waals surface area contributed by atoms with Gasteiger partial charge in [-0.1, -0.05) is 30.3 Å². The Bertz CT molecular complexity index is 1040. The van der Waals surface area contributed by atoms with Gasteiger partial charge < -0.3 is 14.5 Å². The van der Waals surface area contributed by atoms with Gasteiger partial charge in [0.25, 0.3) is 11.8 Å². The maximum Gasteiger partial charge on any atom is 0.278 e. The van der Waals surface area contributed by atoms with Gasteiger partial charge in [0.1, 0.15) is 17.3 Å². The molecule has 0 spiro atoms. The lowest BCUT2D eigenvalue weighted by atomic mass is 9.99. The van der Waals surface area contributed by atoms with Gasteiger partial charge in [-0.15, -0.1) is 0 Å². The molecule has 0 saturated carbocycles. The summed E-state index contributed by atoms with van der Waals surface area (Å²) >= 11 is 0. The fourth-order valence-electron chi connectivity index (χ4n) is 4.47. The van der Waals surface area contributed by atoms with E-state index in [1.165, 1.54) is 17.0 Å². The van der Waals surface area contributed by atoms with E-state index in [0.717, 1.165) is 25.9 Å². The summed E-state index contributed by atoms with van der Waals surface area (Å²) < 4.78 is 18.9. The summed E-state index contributed by atoms with van der Waals surface area (Å²) in [5, 5.41) is 0. The van der Waals surface area contributed by atoms with E-state index in [0.29, 0.717) is 28.1 Å². The van der Waals surface area contributed by atoms with E-state index in [1.807, 2.05) is 30.1 Å². The molecule has 0 atom stereocenters. The van der Waals surface area contributed by atoms with Gasteiger partial charge in [0.15, 0.2) is 0 Å². The zero-order valence-corrected chi connectivity index (χ0v) is 18.7. The van der Waals surface area contributed by atoms with Crippen LogP contribution >= 0.6 is 0 Å². The quantitative estimate of drug-likeness (QED) is 0.650. The molecule has 1 fully saturated rings. The van der Waals surface area contributed by atoms with Gasteiger partial charge in [-0.05, 0) is 56.7 Å². The van der Waals surface area contributed by atoms with Crippen molar-refractivity contribution in [2.75, 3.05) is 34.3 Å². The number of rotatable bonds is 6. The lowest BCUT2D eigenvalue weighted by Crippen LogP contribution is -2.43. The highest BCUT2D eigenvalue weighted by Gasteiger charge is 2.43. The molecule has 32 heavy (non-hydrogen) atoms. The molecule has 2 heterocycles. The van der Waals surface area contributed by atoms with Crippen LogP contribution in [-0.2, 0) is 16.1 Å². The Morgan fingerprint density at radius 1 is 1.03 bits per heavy atom. The van der Waals surface area contributed by atoms with Gasteiger partial charge in [0.2, 0.25) is 0 Å². The second-order valence-electron chi connectivity index (χ2n) is 8.39. The average Bonchev–Trinajstić information content (AvgIpc) is 3.05. The number of piperidine rings is 1. The normalized spacial score (nSPS) is 17.9. The highest BCUT2D eigenvalue weighted by atomic mass is 19.1. The Labute approximate surface area is 187 Å². The minimum absolute atomic E-state index is 0.0847. The maximum atomic E-state index is 13.6. The van der Waals surface area contributed by atoms with Gasteiger partial charge in [-0.2, -0.15) is 0 Å². The van der Waals surface area contributed by atoms with E-state index in [9.17, 15) is 14.0 Å². The number of carbonyl (C=O) groups is 2. The van der Waals surface area contributed by atoms with Crippen LogP contribution in [0.1, 0.15) is 24.0 Å². The molecule has 0 radical (unpaired) electrons. The van der Waals surface area contributed by atoms with E-state index in [1.54, 1.807) is 25.3 Å². The van der Waals surface area contributed by atoms with E-state index in [4.69, 9.17) is 4.74 Å². The summed E-state index contributed by atoms with van der Waals surface area (Å²) in [4.78, 5) is 32.7. The predicted molar refractivity (Wildman–Crippen MR) is 120 cm³/mol. The number of methoxy groups -OCH3 is 1. The first-order valence-electron chi connectivity index (χ1n) is 10.8. The van der Waals surface area contributed by atoms with Crippen molar-refractivity contribution in [3.63, 3.8) is 0 Å². The summed E-state index contributed by atoms with van der Waals surface area (Å²) in [7, 11) is 5.54. The first-order chi connectivity index (χ1) is 15.4. The second-order valence-corrected chi connectivity index (χ2v) is 8.39. The summed E-state index contributed by atoms with van der Waals surface area (Å²) in [6.45, 7) is 1.96. The number of hydrogen-bond donors (Lipinski definition) is 0. The van der Waals surface area contributed by atoms with Gasteiger partial charge in [-0.3, -0.25) is 14.5 Å². The average molecular weight is 438 g/mol. The van der Waals surface area contributed by atoms with Crippen LogP contribution in [0.15, 0.2) is 54.2 Å². The number of para-hydroxylation sites is 1. The van der Waals surface area contributed by atoms with Crippen molar-refractivity contribution in [1.29, 1.82) is 0 Å².